The fraction of sp³-hybridized carbons (Fsp3) is 0. The number of hydrogen-bond donors (Lipinski definition) is 2. The van der Waals surface area contributed by atoms with E-state index in [1.807, 2.05) is 12.1 Å². The van der Waals surface area contributed by atoms with E-state index in [-0.39, 0.29) is 0 Å². The van der Waals surface area contributed by atoms with E-state index in [0.29, 0.717) is 20.3 Å². The van der Waals surface area contributed by atoms with Crippen LogP contribution in [0.3, 0.4) is 0 Å². The number of carbonyl (C=O) groups excluding carboxylic acids is 2. The van der Waals surface area contributed by atoms with Crippen molar-refractivity contribution in [2.45, 2.75) is 0 Å². The SMILES string of the molecule is O=C(Nc1ccccc1Br)C(=O)Nc1ccccc1Br. The summed E-state index contributed by atoms with van der Waals surface area (Å²) in [6.07, 6.45) is 0. The zero-order valence-electron chi connectivity index (χ0n) is 10.2. The number of anilines is 2. The van der Waals surface area contributed by atoms with Crippen molar-refractivity contribution in [1.29, 1.82) is 0 Å². The number of halogens is 2. The van der Waals surface area contributed by atoms with Crippen LogP contribution >= 0.6 is 31.9 Å². The predicted molar refractivity (Wildman–Crippen MR) is 85.5 cm³/mol. The van der Waals surface area contributed by atoms with Crippen LogP contribution in [0.15, 0.2) is 57.5 Å². The van der Waals surface area contributed by atoms with Gasteiger partial charge in [0.2, 0.25) is 0 Å². The smallest absolute Gasteiger partial charge is 0.314 e. The molecule has 0 fully saturated rings. The van der Waals surface area contributed by atoms with E-state index in [4.69, 9.17) is 0 Å². The average Bonchev–Trinajstić information content (AvgIpc) is 2.43. The highest BCUT2D eigenvalue weighted by Crippen LogP contribution is 2.22. The van der Waals surface area contributed by atoms with Crippen LogP contribution in [0.25, 0.3) is 0 Å². The first kappa shape index (κ1) is 14.7. The molecule has 0 aliphatic carbocycles. The lowest BCUT2D eigenvalue weighted by Crippen LogP contribution is -2.29. The van der Waals surface area contributed by atoms with E-state index in [9.17, 15) is 9.59 Å². The lowest BCUT2D eigenvalue weighted by molar-refractivity contribution is -0.133. The highest BCUT2D eigenvalue weighted by molar-refractivity contribution is 9.11. The van der Waals surface area contributed by atoms with Crippen LogP contribution in [0.2, 0.25) is 0 Å². The van der Waals surface area contributed by atoms with Crippen molar-refractivity contribution < 1.29 is 9.59 Å². The fourth-order valence-electron chi connectivity index (χ4n) is 1.48. The molecule has 2 aromatic carbocycles. The van der Waals surface area contributed by atoms with Gasteiger partial charge in [0.25, 0.3) is 0 Å². The summed E-state index contributed by atoms with van der Waals surface area (Å²) in [4.78, 5) is 23.6. The lowest BCUT2D eigenvalue weighted by atomic mass is 10.3. The Morgan fingerprint density at radius 2 is 1.05 bits per heavy atom. The van der Waals surface area contributed by atoms with Crippen LogP contribution in [-0.4, -0.2) is 11.8 Å². The normalized spacial score (nSPS) is 9.90. The van der Waals surface area contributed by atoms with E-state index < -0.39 is 11.8 Å². The van der Waals surface area contributed by atoms with Crippen molar-refractivity contribution in [2.24, 2.45) is 0 Å². The van der Waals surface area contributed by atoms with Crippen molar-refractivity contribution in [1.82, 2.24) is 0 Å². The fourth-order valence-corrected chi connectivity index (χ4v) is 2.25. The number of nitrogens with one attached hydrogen (secondary N) is 2. The third kappa shape index (κ3) is 3.68. The Balaban J connectivity index is 2.05. The molecule has 2 aromatic rings. The Kier molecular flexibility index (Phi) is 4.92. The first-order valence-electron chi connectivity index (χ1n) is 5.69. The number of amides is 2. The van der Waals surface area contributed by atoms with Gasteiger partial charge in [0.05, 0.1) is 11.4 Å². The van der Waals surface area contributed by atoms with Crippen LogP contribution in [0.4, 0.5) is 11.4 Å². The second-order valence-corrected chi connectivity index (χ2v) is 5.58. The molecule has 0 aromatic heterocycles. The van der Waals surface area contributed by atoms with Gasteiger partial charge in [0, 0.05) is 8.95 Å². The number of para-hydroxylation sites is 2. The van der Waals surface area contributed by atoms with E-state index in [0.717, 1.165) is 0 Å². The van der Waals surface area contributed by atoms with Crippen LogP contribution in [-0.2, 0) is 9.59 Å². The van der Waals surface area contributed by atoms with Crippen molar-refractivity contribution in [3.63, 3.8) is 0 Å². The summed E-state index contributed by atoms with van der Waals surface area (Å²) in [6, 6.07) is 14.1. The molecule has 20 heavy (non-hydrogen) atoms. The average molecular weight is 398 g/mol. The van der Waals surface area contributed by atoms with E-state index in [1.165, 1.54) is 0 Å². The Hall–Kier alpha value is -1.66. The molecule has 0 aliphatic heterocycles. The number of benzene rings is 2. The molecule has 6 heteroatoms. The minimum absolute atomic E-state index is 0.541. The van der Waals surface area contributed by atoms with Gasteiger partial charge in [-0.1, -0.05) is 24.3 Å². The summed E-state index contributed by atoms with van der Waals surface area (Å²) in [5.74, 6) is -1.46. The molecule has 4 nitrogen and oxygen atoms in total. The zero-order valence-corrected chi connectivity index (χ0v) is 13.4. The third-order valence-corrected chi connectivity index (χ3v) is 3.83. The van der Waals surface area contributed by atoms with Gasteiger partial charge < -0.3 is 10.6 Å². The quantitative estimate of drug-likeness (QED) is 0.757. The Morgan fingerprint density at radius 1 is 0.700 bits per heavy atom. The molecule has 102 valence electrons. The highest BCUT2D eigenvalue weighted by atomic mass is 79.9. The van der Waals surface area contributed by atoms with Gasteiger partial charge in [-0.25, -0.2) is 0 Å². The van der Waals surface area contributed by atoms with Crippen LogP contribution in [0.1, 0.15) is 0 Å². The molecule has 2 rings (SSSR count). The maximum Gasteiger partial charge on any atom is 0.314 e. The first-order valence-corrected chi connectivity index (χ1v) is 7.28. The summed E-state index contributed by atoms with van der Waals surface area (Å²) < 4.78 is 1.42. The Labute approximate surface area is 132 Å². The highest BCUT2D eigenvalue weighted by Gasteiger charge is 2.15. The Morgan fingerprint density at radius 3 is 1.40 bits per heavy atom. The second kappa shape index (κ2) is 6.67. The van der Waals surface area contributed by atoms with Gasteiger partial charge in [0.15, 0.2) is 0 Å². The number of rotatable bonds is 2. The monoisotopic (exact) mass is 396 g/mol. The van der Waals surface area contributed by atoms with Gasteiger partial charge in [-0.2, -0.15) is 0 Å². The summed E-state index contributed by atoms with van der Waals surface area (Å²) in [7, 11) is 0. The zero-order chi connectivity index (χ0) is 14.5. The van der Waals surface area contributed by atoms with Crippen LogP contribution in [0, 0.1) is 0 Å². The minimum Gasteiger partial charge on any atom is -0.317 e. The maximum atomic E-state index is 11.8. The summed E-state index contributed by atoms with van der Waals surface area (Å²) in [6.45, 7) is 0. The molecule has 0 bridgehead atoms. The third-order valence-electron chi connectivity index (χ3n) is 2.45. The van der Waals surface area contributed by atoms with Crippen molar-refractivity contribution in [2.75, 3.05) is 10.6 Å². The second-order valence-electron chi connectivity index (χ2n) is 3.87. The van der Waals surface area contributed by atoms with Crippen molar-refractivity contribution in [3.05, 3.63) is 57.5 Å². The van der Waals surface area contributed by atoms with Gasteiger partial charge >= 0.3 is 11.8 Å². The largest absolute Gasteiger partial charge is 0.317 e. The molecule has 0 unspecified atom stereocenters. The van der Waals surface area contributed by atoms with Gasteiger partial charge in [-0.3, -0.25) is 9.59 Å². The minimum atomic E-state index is -0.729. The van der Waals surface area contributed by atoms with E-state index >= 15 is 0 Å². The number of hydrogen-bond acceptors (Lipinski definition) is 2. The van der Waals surface area contributed by atoms with Crippen LogP contribution < -0.4 is 10.6 Å². The first-order chi connectivity index (χ1) is 9.58. The molecular formula is C14H10Br2N2O2. The molecule has 2 amide bonds. The Bertz CT molecular complexity index is 602. The van der Waals surface area contributed by atoms with Crippen molar-refractivity contribution in [3.8, 4) is 0 Å². The van der Waals surface area contributed by atoms with Crippen molar-refractivity contribution >= 4 is 55.0 Å². The topological polar surface area (TPSA) is 58.2 Å². The molecule has 0 spiro atoms. The summed E-state index contributed by atoms with van der Waals surface area (Å²) >= 11 is 6.60. The predicted octanol–water partition coefficient (Wildman–Crippen LogP) is 3.79. The number of carbonyl (C=O) groups is 2. The van der Waals surface area contributed by atoms with Gasteiger partial charge in [-0.05, 0) is 56.1 Å². The van der Waals surface area contributed by atoms with Gasteiger partial charge in [-0.15, -0.1) is 0 Å². The maximum absolute atomic E-state index is 11.8. The molecule has 2 N–H and O–H groups in total. The van der Waals surface area contributed by atoms with E-state index in [2.05, 4.69) is 42.5 Å². The molecule has 0 saturated heterocycles. The molecule has 0 heterocycles. The van der Waals surface area contributed by atoms with Gasteiger partial charge in [0.1, 0.15) is 0 Å². The molecular weight excluding hydrogens is 388 g/mol. The van der Waals surface area contributed by atoms with E-state index in [1.54, 1.807) is 36.4 Å². The molecule has 0 saturated carbocycles. The summed E-state index contributed by atoms with van der Waals surface area (Å²) in [5.41, 5.74) is 1.08. The molecule has 0 radical (unpaired) electrons. The van der Waals surface area contributed by atoms with Crippen LogP contribution in [0.5, 0.6) is 0 Å². The summed E-state index contributed by atoms with van der Waals surface area (Å²) in [5, 5.41) is 5.07. The molecule has 0 aliphatic rings. The lowest BCUT2D eigenvalue weighted by Gasteiger charge is -2.08. The molecule has 0 atom stereocenters. The standard InChI is InChI=1S/C14H10Br2N2O2/c15-9-5-1-3-7-11(9)17-13(19)14(20)18-12-8-4-2-6-10(12)16/h1-8H,(H,17,19)(H,18,20).